The Morgan fingerprint density at radius 2 is 1.66 bits per heavy atom. The molecule has 0 spiro atoms. The lowest BCUT2D eigenvalue weighted by Gasteiger charge is -2.27. The molecule has 0 bridgehead atoms. The molecule has 1 saturated carbocycles. The van der Waals surface area contributed by atoms with Gasteiger partial charge >= 0.3 is 12.1 Å². The van der Waals surface area contributed by atoms with E-state index < -0.39 is 35.6 Å². The molecular formula is C21H19ClF3NO3. The molecule has 0 heterocycles. The van der Waals surface area contributed by atoms with Gasteiger partial charge in [-0.15, -0.1) is 0 Å². The van der Waals surface area contributed by atoms with Gasteiger partial charge in [-0.25, -0.2) is 0 Å². The van der Waals surface area contributed by atoms with Crippen LogP contribution >= 0.6 is 11.6 Å². The second-order valence-electron chi connectivity index (χ2n) is 6.96. The van der Waals surface area contributed by atoms with Crippen molar-refractivity contribution in [2.45, 2.75) is 37.3 Å². The highest BCUT2D eigenvalue weighted by Crippen LogP contribution is 2.42. The summed E-state index contributed by atoms with van der Waals surface area (Å²) in [5, 5.41) is 2.71. The summed E-state index contributed by atoms with van der Waals surface area (Å²) in [6, 6.07) is 11.5. The molecule has 3 rings (SSSR count). The van der Waals surface area contributed by atoms with E-state index in [1.807, 2.05) is 0 Å². The van der Waals surface area contributed by atoms with Crippen molar-refractivity contribution in [2.24, 2.45) is 0 Å². The van der Waals surface area contributed by atoms with Crippen molar-refractivity contribution in [3.63, 3.8) is 0 Å². The maximum Gasteiger partial charge on any atom is 0.418 e. The molecule has 1 N–H and O–H groups in total. The van der Waals surface area contributed by atoms with Crippen LogP contribution < -0.4 is 5.32 Å². The van der Waals surface area contributed by atoms with Gasteiger partial charge in [-0.1, -0.05) is 48.7 Å². The van der Waals surface area contributed by atoms with E-state index in [-0.39, 0.29) is 5.69 Å². The minimum absolute atomic E-state index is 0.380. The average Bonchev–Trinajstić information content (AvgIpc) is 3.17. The van der Waals surface area contributed by atoms with Gasteiger partial charge in [0.15, 0.2) is 6.61 Å². The Hall–Kier alpha value is -2.54. The van der Waals surface area contributed by atoms with Gasteiger partial charge in [0.1, 0.15) is 0 Å². The highest BCUT2D eigenvalue weighted by Gasteiger charge is 2.44. The quantitative estimate of drug-likeness (QED) is 0.657. The summed E-state index contributed by atoms with van der Waals surface area (Å²) in [6.07, 6.45) is -1.78. The number of ether oxygens (including phenoxy) is 1. The Morgan fingerprint density at radius 1 is 1.03 bits per heavy atom. The van der Waals surface area contributed by atoms with E-state index in [2.05, 4.69) is 5.32 Å². The Labute approximate surface area is 171 Å². The van der Waals surface area contributed by atoms with Crippen LogP contribution in [0.4, 0.5) is 18.9 Å². The fraction of sp³-hybridized carbons (Fsp3) is 0.333. The molecule has 1 aliphatic rings. The number of hydrogen-bond acceptors (Lipinski definition) is 3. The molecule has 0 saturated heterocycles. The van der Waals surface area contributed by atoms with Gasteiger partial charge in [0.25, 0.3) is 5.91 Å². The highest BCUT2D eigenvalue weighted by atomic mass is 35.5. The zero-order valence-corrected chi connectivity index (χ0v) is 16.1. The van der Waals surface area contributed by atoms with Crippen molar-refractivity contribution in [3.05, 3.63) is 64.7 Å². The van der Waals surface area contributed by atoms with Crippen molar-refractivity contribution in [1.29, 1.82) is 0 Å². The SMILES string of the molecule is O=C(COC(=O)C1(c2ccc(Cl)cc2)CCCC1)Nc1ccccc1C(F)(F)F. The zero-order chi connectivity index (χ0) is 21.1. The Bertz CT molecular complexity index is 891. The number of carbonyl (C=O) groups is 2. The minimum Gasteiger partial charge on any atom is -0.455 e. The van der Waals surface area contributed by atoms with Gasteiger partial charge in [0.2, 0.25) is 0 Å². The molecule has 2 aromatic rings. The Kier molecular flexibility index (Phi) is 6.17. The first kappa shape index (κ1) is 21.2. The third-order valence-electron chi connectivity index (χ3n) is 5.09. The predicted molar refractivity (Wildman–Crippen MR) is 103 cm³/mol. The summed E-state index contributed by atoms with van der Waals surface area (Å²) in [5.41, 5.74) is -1.45. The fourth-order valence-corrected chi connectivity index (χ4v) is 3.78. The number of benzene rings is 2. The second-order valence-corrected chi connectivity index (χ2v) is 7.40. The van der Waals surface area contributed by atoms with Gasteiger partial charge < -0.3 is 10.1 Å². The molecule has 8 heteroatoms. The fourth-order valence-electron chi connectivity index (χ4n) is 3.65. The minimum atomic E-state index is -4.61. The third kappa shape index (κ3) is 4.72. The van der Waals surface area contributed by atoms with E-state index in [1.54, 1.807) is 24.3 Å². The van der Waals surface area contributed by atoms with Gasteiger partial charge in [0.05, 0.1) is 16.7 Å². The Morgan fingerprint density at radius 3 is 2.28 bits per heavy atom. The van der Waals surface area contributed by atoms with Crippen LogP contribution in [-0.2, 0) is 25.9 Å². The molecule has 0 radical (unpaired) electrons. The average molecular weight is 426 g/mol. The lowest BCUT2D eigenvalue weighted by Crippen LogP contribution is -2.36. The van der Waals surface area contributed by atoms with Gasteiger partial charge in [-0.2, -0.15) is 13.2 Å². The standard InChI is InChI=1S/C21H19ClF3NO3/c22-15-9-7-14(8-10-15)20(11-3-4-12-20)19(28)29-13-18(27)26-17-6-2-1-5-16(17)21(23,24)25/h1-2,5-10H,3-4,11-13H2,(H,26,27). The number of nitrogens with one attached hydrogen (secondary N) is 1. The molecule has 29 heavy (non-hydrogen) atoms. The summed E-state index contributed by atoms with van der Waals surface area (Å²) >= 11 is 5.92. The molecule has 0 atom stereocenters. The first-order chi connectivity index (χ1) is 13.7. The van der Waals surface area contributed by atoms with E-state index in [9.17, 15) is 22.8 Å². The molecular weight excluding hydrogens is 407 g/mol. The topological polar surface area (TPSA) is 55.4 Å². The van der Waals surface area contributed by atoms with Gasteiger partial charge in [-0.3, -0.25) is 9.59 Å². The Balaban J connectivity index is 1.68. The highest BCUT2D eigenvalue weighted by molar-refractivity contribution is 6.30. The van der Waals surface area contributed by atoms with Crippen molar-refractivity contribution >= 4 is 29.2 Å². The van der Waals surface area contributed by atoms with Crippen LogP contribution in [0.1, 0.15) is 36.8 Å². The summed E-state index contributed by atoms with van der Waals surface area (Å²) in [4.78, 5) is 24.9. The lowest BCUT2D eigenvalue weighted by molar-refractivity contribution is -0.153. The first-order valence-electron chi connectivity index (χ1n) is 9.12. The molecule has 0 aliphatic heterocycles. The number of hydrogen-bond donors (Lipinski definition) is 1. The predicted octanol–water partition coefficient (Wildman–Crippen LogP) is 5.35. The van der Waals surface area contributed by atoms with Gasteiger partial charge in [0, 0.05) is 5.02 Å². The molecule has 1 fully saturated rings. The second kappa shape index (κ2) is 8.45. The monoisotopic (exact) mass is 425 g/mol. The van der Waals surface area contributed by atoms with E-state index >= 15 is 0 Å². The van der Waals surface area contributed by atoms with Crippen molar-refractivity contribution in [1.82, 2.24) is 0 Å². The number of esters is 1. The molecule has 4 nitrogen and oxygen atoms in total. The molecule has 1 aliphatic carbocycles. The lowest BCUT2D eigenvalue weighted by atomic mass is 9.79. The zero-order valence-electron chi connectivity index (χ0n) is 15.4. The normalized spacial score (nSPS) is 15.7. The number of para-hydroxylation sites is 1. The number of carbonyl (C=O) groups excluding carboxylic acids is 2. The summed E-state index contributed by atoms with van der Waals surface area (Å²) in [6.45, 7) is -0.666. The number of halogens is 4. The van der Waals surface area contributed by atoms with Crippen LogP contribution in [0.2, 0.25) is 5.02 Å². The smallest absolute Gasteiger partial charge is 0.418 e. The first-order valence-corrected chi connectivity index (χ1v) is 9.49. The van der Waals surface area contributed by atoms with Crippen molar-refractivity contribution in [2.75, 3.05) is 11.9 Å². The number of anilines is 1. The largest absolute Gasteiger partial charge is 0.455 e. The molecule has 0 aromatic heterocycles. The van der Waals surface area contributed by atoms with Crippen molar-refractivity contribution < 1.29 is 27.5 Å². The number of amides is 1. The van der Waals surface area contributed by atoms with E-state index in [1.165, 1.54) is 12.1 Å². The maximum atomic E-state index is 13.0. The summed E-state index contributed by atoms with van der Waals surface area (Å²) in [7, 11) is 0. The van der Waals surface area contributed by atoms with Crippen LogP contribution in [0.5, 0.6) is 0 Å². The summed E-state index contributed by atoms with van der Waals surface area (Å²) in [5.74, 6) is -1.39. The van der Waals surface area contributed by atoms with Crippen LogP contribution in [0.25, 0.3) is 0 Å². The molecule has 1 amide bonds. The van der Waals surface area contributed by atoms with Crippen LogP contribution in [0.3, 0.4) is 0 Å². The molecule has 0 unspecified atom stereocenters. The number of alkyl halides is 3. The van der Waals surface area contributed by atoms with E-state index in [4.69, 9.17) is 16.3 Å². The van der Waals surface area contributed by atoms with Crippen LogP contribution in [0.15, 0.2) is 48.5 Å². The van der Waals surface area contributed by atoms with Crippen LogP contribution in [-0.4, -0.2) is 18.5 Å². The molecule has 154 valence electrons. The van der Waals surface area contributed by atoms with Crippen LogP contribution in [0, 0.1) is 0 Å². The van der Waals surface area contributed by atoms with E-state index in [0.29, 0.717) is 17.9 Å². The molecule has 2 aromatic carbocycles. The van der Waals surface area contributed by atoms with E-state index in [0.717, 1.165) is 30.5 Å². The maximum absolute atomic E-state index is 13.0. The summed E-state index contributed by atoms with van der Waals surface area (Å²) < 4.78 is 44.3. The third-order valence-corrected chi connectivity index (χ3v) is 5.34. The number of rotatable bonds is 5. The van der Waals surface area contributed by atoms with Gasteiger partial charge in [-0.05, 0) is 42.7 Å². The van der Waals surface area contributed by atoms with Crippen molar-refractivity contribution in [3.8, 4) is 0 Å².